The molecule has 3 nitrogen and oxygen atoms in total. The fraction of sp³-hybridized carbons (Fsp3) is 0.667. The monoisotopic (exact) mass is 171 g/mol. The number of hydrogen-bond donors (Lipinski definition) is 1. The molecule has 0 aromatic rings. The molecule has 0 atom stereocenters. The van der Waals surface area contributed by atoms with Crippen molar-refractivity contribution in [1.29, 1.82) is 0 Å². The first-order chi connectivity index (χ1) is 5.48. The van der Waals surface area contributed by atoms with Gasteiger partial charge in [-0.25, -0.2) is 0 Å². The van der Waals surface area contributed by atoms with Crippen LogP contribution in [-0.2, 0) is 9.53 Å². The van der Waals surface area contributed by atoms with Crippen molar-refractivity contribution in [3.63, 3.8) is 0 Å². The van der Waals surface area contributed by atoms with E-state index in [1.165, 1.54) is 0 Å². The van der Waals surface area contributed by atoms with Crippen LogP contribution in [-0.4, -0.2) is 12.7 Å². The van der Waals surface area contributed by atoms with Crippen LogP contribution in [0, 0.1) is 5.41 Å². The molecule has 12 heavy (non-hydrogen) atoms. The van der Waals surface area contributed by atoms with Crippen molar-refractivity contribution in [2.45, 2.75) is 27.7 Å². The number of nitrogens with one attached hydrogen (secondary N) is 1. The van der Waals surface area contributed by atoms with Gasteiger partial charge in [-0.1, -0.05) is 6.08 Å². The maximum atomic E-state index is 11.1. The second kappa shape index (κ2) is 4.80. The molecule has 0 fully saturated rings. The summed E-state index contributed by atoms with van der Waals surface area (Å²) in [5.74, 6) is -0.195. The van der Waals surface area contributed by atoms with Gasteiger partial charge in [-0.05, 0) is 33.9 Å². The molecule has 0 aromatic carbocycles. The van der Waals surface area contributed by atoms with Gasteiger partial charge in [-0.3, -0.25) is 4.79 Å². The molecule has 0 aliphatic rings. The Balaban J connectivity index is 3.59. The Kier molecular flexibility index (Phi) is 4.40. The van der Waals surface area contributed by atoms with Crippen LogP contribution in [0.25, 0.3) is 0 Å². The topological polar surface area (TPSA) is 38.3 Å². The second-order valence-corrected chi connectivity index (χ2v) is 3.53. The summed E-state index contributed by atoms with van der Waals surface area (Å²) < 4.78 is 4.91. The van der Waals surface area contributed by atoms with E-state index in [0.717, 1.165) is 0 Å². The average molecular weight is 171 g/mol. The molecule has 0 aromatic heterocycles. The number of carbonyl (C=O) groups excluding carboxylic acids is 1. The van der Waals surface area contributed by atoms with Crippen molar-refractivity contribution in [3.05, 3.63) is 12.3 Å². The minimum atomic E-state index is -0.419. The molecule has 0 saturated heterocycles. The highest BCUT2D eigenvalue weighted by atomic mass is 16.5. The highest BCUT2D eigenvalue weighted by Crippen LogP contribution is 2.14. The Labute approximate surface area is 73.8 Å². The van der Waals surface area contributed by atoms with E-state index in [-0.39, 0.29) is 12.7 Å². The maximum Gasteiger partial charge on any atom is 0.312 e. The summed E-state index contributed by atoms with van der Waals surface area (Å²) in [6, 6.07) is 0. The van der Waals surface area contributed by atoms with Crippen LogP contribution in [0.15, 0.2) is 12.3 Å². The van der Waals surface area contributed by atoms with Gasteiger partial charge in [0.2, 0.25) is 0 Å². The van der Waals surface area contributed by atoms with Crippen molar-refractivity contribution in [1.82, 2.24) is 5.32 Å². The number of ether oxygens (including phenoxy) is 1. The zero-order valence-corrected chi connectivity index (χ0v) is 8.18. The van der Waals surface area contributed by atoms with Gasteiger partial charge in [0, 0.05) is 0 Å². The minimum absolute atomic E-state index is 0.195. The van der Waals surface area contributed by atoms with Crippen molar-refractivity contribution in [3.8, 4) is 0 Å². The van der Waals surface area contributed by atoms with E-state index in [9.17, 15) is 4.79 Å². The molecule has 0 rings (SSSR count). The van der Waals surface area contributed by atoms with E-state index in [1.54, 1.807) is 6.20 Å². The van der Waals surface area contributed by atoms with E-state index in [4.69, 9.17) is 4.74 Å². The average Bonchev–Trinajstić information content (AvgIpc) is 1.96. The highest BCUT2D eigenvalue weighted by Gasteiger charge is 2.22. The van der Waals surface area contributed by atoms with Crippen molar-refractivity contribution in [2.24, 2.45) is 5.41 Å². The molecular formula is C9H17NO2. The van der Waals surface area contributed by atoms with Crippen molar-refractivity contribution in [2.75, 3.05) is 6.73 Å². The first-order valence-electron chi connectivity index (χ1n) is 4.00. The Hall–Kier alpha value is -0.990. The van der Waals surface area contributed by atoms with E-state index in [1.807, 2.05) is 33.8 Å². The summed E-state index contributed by atoms with van der Waals surface area (Å²) in [5.41, 5.74) is -0.419. The van der Waals surface area contributed by atoms with Gasteiger partial charge in [0.1, 0.15) is 0 Å². The highest BCUT2D eigenvalue weighted by molar-refractivity contribution is 5.75. The van der Waals surface area contributed by atoms with Gasteiger partial charge >= 0.3 is 5.97 Å². The summed E-state index contributed by atoms with van der Waals surface area (Å²) in [5, 5.41) is 2.81. The molecule has 70 valence electrons. The summed E-state index contributed by atoms with van der Waals surface area (Å²) in [6.07, 6.45) is 3.57. The maximum absolute atomic E-state index is 11.1. The quantitative estimate of drug-likeness (QED) is 0.398. The van der Waals surface area contributed by atoms with Crippen LogP contribution >= 0.6 is 0 Å². The lowest BCUT2D eigenvalue weighted by Gasteiger charge is -2.16. The minimum Gasteiger partial charge on any atom is -0.444 e. The summed E-state index contributed by atoms with van der Waals surface area (Å²) >= 11 is 0. The van der Waals surface area contributed by atoms with Crippen molar-refractivity contribution >= 4 is 5.97 Å². The Morgan fingerprint density at radius 1 is 1.50 bits per heavy atom. The molecule has 0 aliphatic carbocycles. The molecule has 0 aliphatic heterocycles. The first-order valence-corrected chi connectivity index (χ1v) is 4.00. The van der Waals surface area contributed by atoms with Crippen LogP contribution in [0.1, 0.15) is 27.7 Å². The van der Waals surface area contributed by atoms with Gasteiger partial charge in [0.15, 0.2) is 6.73 Å². The lowest BCUT2D eigenvalue weighted by atomic mass is 9.98. The van der Waals surface area contributed by atoms with E-state index in [0.29, 0.717) is 0 Å². The van der Waals surface area contributed by atoms with E-state index >= 15 is 0 Å². The third-order valence-corrected chi connectivity index (χ3v) is 1.18. The van der Waals surface area contributed by atoms with Gasteiger partial charge < -0.3 is 10.1 Å². The zero-order valence-electron chi connectivity index (χ0n) is 8.18. The van der Waals surface area contributed by atoms with Gasteiger partial charge in [-0.2, -0.15) is 0 Å². The molecule has 0 amide bonds. The molecule has 1 N–H and O–H groups in total. The number of esters is 1. The number of hydrogen-bond acceptors (Lipinski definition) is 3. The Morgan fingerprint density at radius 2 is 2.08 bits per heavy atom. The SMILES string of the molecule is C/C=C\NCOC(=O)C(C)(C)C. The third kappa shape index (κ3) is 4.77. The van der Waals surface area contributed by atoms with Crippen LogP contribution < -0.4 is 5.32 Å². The number of carbonyl (C=O) groups is 1. The summed E-state index contributed by atoms with van der Waals surface area (Å²) in [6.45, 7) is 7.60. The molecule has 0 heterocycles. The predicted octanol–water partition coefficient (Wildman–Crippen LogP) is 1.66. The van der Waals surface area contributed by atoms with Crippen LogP contribution in [0.5, 0.6) is 0 Å². The second-order valence-electron chi connectivity index (χ2n) is 3.53. The molecular weight excluding hydrogens is 154 g/mol. The predicted molar refractivity (Wildman–Crippen MR) is 48.4 cm³/mol. The lowest BCUT2D eigenvalue weighted by Crippen LogP contribution is -2.26. The van der Waals surface area contributed by atoms with E-state index < -0.39 is 5.41 Å². The Morgan fingerprint density at radius 3 is 2.50 bits per heavy atom. The third-order valence-electron chi connectivity index (χ3n) is 1.18. The van der Waals surface area contributed by atoms with Gasteiger partial charge in [0.05, 0.1) is 5.41 Å². The smallest absolute Gasteiger partial charge is 0.312 e. The molecule has 0 spiro atoms. The molecule has 3 heteroatoms. The molecule has 0 saturated carbocycles. The van der Waals surface area contributed by atoms with Crippen LogP contribution in [0.4, 0.5) is 0 Å². The lowest BCUT2D eigenvalue weighted by molar-refractivity contribution is -0.153. The zero-order chi connectivity index (χ0) is 9.61. The Bertz CT molecular complexity index is 168. The number of allylic oxidation sites excluding steroid dienone is 1. The van der Waals surface area contributed by atoms with Gasteiger partial charge in [0.25, 0.3) is 0 Å². The first kappa shape index (κ1) is 11.0. The molecule has 0 radical (unpaired) electrons. The molecule has 0 unspecified atom stereocenters. The van der Waals surface area contributed by atoms with Crippen molar-refractivity contribution < 1.29 is 9.53 Å². The summed E-state index contributed by atoms with van der Waals surface area (Å²) in [7, 11) is 0. The molecule has 0 bridgehead atoms. The van der Waals surface area contributed by atoms with Crippen LogP contribution in [0.2, 0.25) is 0 Å². The standard InChI is InChI=1S/C9H17NO2/c1-5-6-10-7-12-8(11)9(2,3)4/h5-6,10H,7H2,1-4H3/b6-5-. The normalized spacial score (nSPS) is 11.7. The number of rotatable bonds is 3. The summed E-state index contributed by atoms with van der Waals surface area (Å²) in [4.78, 5) is 11.1. The van der Waals surface area contributed by atoms with Gasteiger partial charge in [-0.15, -0.1) is 0 Å². The fourth-order valence-electron chi connectivity index (χ4n) is 0.490. The fourth-order valence-corrected chi connectivity index (χ4v) is 0.490. The van der Waals surface area contributed by atoms with Crippen LogP contribution in [0.3, 0.4) is 0 Å². The van der Waals surface area contributed by atoms with E-state index in [2.05, 4.69) is 5.32 Å². The largest absolute Gasteiger partial charge is 0.444 e.